The zero-order valence-corrected chi connectivity index (χ0v) is 9.17. The van der Waals surface area contributed by atoms with E-state index in [4.69, 9.17) is 10.5 Å². The zero-order chi connectivity index (χ0) is 13.1. The van der Waals surface area contributed by atoms with Gasteiger partial charge in [-0.15, -0.1) is 0 Å². The number of carbonyl (C=O) groups is 1. The Morgan fingerprint density at radius 2 is 2.06 bits per heavy atom. The predicted octanol–water partition coefficient (Wildman–Crippen LogP) is 2.80. The Bertz CT molecular complexity index is 416. The van der Waals surface area contributed by atoms with Crippen LogP contribution >= 0.6 is 0 Å². The van der Waals surface area contributed by atoms with Gasteiger partial charge in [-0.2, -0.15) is 13.2 Å². The maximum atomic E-state index is 12.1. The highest BCUT2D eigenvalue weighted by Gasteiger charge is 2.39. The van der Waals surface area contributed by atoms with Crippen LogP contribution in [0.2, 0.25) is 0 Å². The molecule has 0 unspecified atom stereocenters. The van der Waals surface area contributed by atoms with Crippen LogP contribution in [0.4, 0.5) is 18.9 Å². The normalized spacial score (nSPS) is 11.3. The number of anilines is 1. The molecule has 0 aliphatic carbocycles. The fourth-order valence-electron chi connectivity index (χ4n) is 1.20. The van der Waals surface area contributed by atoms with Crippen molar-refractivity contribution in [2.45, 2.75) is 19.5 Å². The molecule has 0 aliphatic rings. The summed E-state index contributed by atoms with van der Waals surface area (Å²) in [5, 5.41) is 0. The first kappa shape index (κ1) is 13.3. The molecule has 0 saturated heterocycles. The summed E-state index contributed by atoms with van der Waals surface area (Å²) in [6.45, 7) is 2.30. The van der Waals surface area contributed by atoms with Gasteiger partial charge in [0.2, 0.25) is 0 Å². The summed E-state index contributed by atoms with van der Waals surface area (Å²) >= 11 is 0. The SMILES string of the molecule is CCCOc1ccc(C(=O)C(F)(F)F)cc1N. The number of Topliss-reactive ketones (excluding diaryl/α,β-unsaturated/α-hetero) is 1. The van der Waals surface area contributed by atoms with Crippen LogP contribution in [0.3, 0.4) is 0 Å². The van der Waals surface area contributed by atoms with E-state index in [-0.39, 0.29) is 11.4 Å². The Morgan fingerprint density at radius 3 is 2.53 bits per heavy atom. The largest absolute Gasteiger partial charge is 0.491 e. The molecule has 1 aromatic carbocycles. The summed E-state index contributed by atoms with van der Waals surface area (Å²) in [6, 6.07) is 3.29. The second-order valence-corrected chi connectivity index (χ2v) is 3.43. The Hall–Kier alpha value is -1.72. The topological polar surface area (TPSA) is 52.3 Å². The third-order valence-corrected chi connectivity index (χ3v) is 1.99. The van der Waals surface area contributed by atoms with E-state index in [1.807, 2.05) is 6.92 Å². The van der Waals surface area contributed by atoms with Gasteiger partial charge < -0.3 is 10.5 Å². The molecule has 0 fully saturated rings. The minimum Gasteiger partial charge on any atom is -0.491 e. The lowest BCUT2D eigenvalue weighted by Gasteiger charge is -2.10. The van der Waals surface area contributed by atoms with Gasteiger partial charge in [0.15, 0.2) is 0 Å². The molecule has 0 atom stereocenters. The van der Waals surface area contributed by atoms with Crippen LogP contribution in [0.1, 0.15) is 23.7 Å². The molecule has 2 N–H and O–H groups in total. The number of ketones is 1. The Labute approximate surface area is 96.4 Å². The first-order valence-electron chi connectivity index (χ1n) is 5.00. The highest BCUT2D eigenvalue weighted by atomic mass is 19.4. The number of benzene rings is 1. The van der Waals surface area contributed by atoms with Crippen molar-refractivity contribution in [2.24, 2.45) is 0 Å². The van der Waals surface area contributed by atoms with Crippen molar-refractivity contribution in [1.82, 2.24) is 0 Å². The molecule has 17 heavy (non-hydrogen) atoms. The summed E-state index contributed by atoms with van der Waals surface area (Å²) in [6.07, 6.45) is -4.14. The van der Waals surface area contributed by atoms with E-state index in [2.05, 4.69) is 0 Å². The number of ether oxygens (including phenoxy) is 1. The van der Waals surface area contributed by atoms with Gasteiger partial charge in [0.05, 0.1) is 12.3 Å². The highest BCUT2D eigenvalue weighted by molar-refractivity contribution is 6.01. The first-order valence-corrected chi connectivity index (χ1v) is 5.00. The van der Waals surface area contributed by atoms with Crippen molar-refractivity contribution in [3.8, 4) is 5.75 Å². The van der Waals surface area contributed by atoms with E-state index in [0.717, 1.165) is 18.6 Å². The predicted molar refractivity (Wildman–Crippen MR) is 57.0 cm³/mol. The summed E-state index contributed by atoms with van der Waals surface area (Å²) < 4.78 is 41.6. The Kier molecular flexibility index (Phi) is 3.98. The zero-order valence-electron chi connectivity index (χ0n) is 9.17. The van der Waals surface area contributed by atoms with Gasteiger partial charge in [0.25, 0.3) is 5.78 Å². The first-order chi connectivity index (χ1) is 7.86. The number of alkyl halides is 3. The van der Waals surface area contributed by atoms with Gasteiger partial charge in [-0.1, -0.05) is 6.92 Å². The van der Waals surface area contributed by atoms with Crippen LogP contribution < -0.4 is 10.5 Å². The van der Waals surface area contributed by atoms with Crippen LogP contribution in [-0.4, -0.2) is 18.6 Å². The lowest BCUT2D eigenvalue weighted by Crippen LogP contribution is -2.22. The van der Waals surface area contributed by atoms with E-state index in [0.29, 0.717) is 6.61 Å². The summed E-state index contributed by atoms with van der Waals surface area (Å²) in [5.41, 5.74) is 5.03. The smallest absolute Gasteiger partial charge is 0.454 e. The van der Waals surface area contributed by atoms with Crippen molar-refractivity contribution in [3.63, 3.8) is 0 Å². The second-order valence-electron chi connectivity index (χ2n) is 3.43. The summed E-state index contributed by atoms with van der Waals surface area (Å²) in [4.78, 5) is 10.9. The van der Waals surface area contributed by atoms with Gasteiger partial charge in [-0.25, -0.2) is 0 Å². The van der Waals surface area contributed by atoms with Gasteiger partial charge in [-0.05, 0) is 24.6 Å². The second kappa shape index (κ2) is 5.07. The van der Waals surface area contributed by atoms with Crippen molar-refractivity contribution >= 4 is 11.5 Å². The number of hydrogen-bond donors (Lipinski definition) is 1. The van der Waals surface area contributed by atoms with Crippen LogP contribution in [0.5, 0.6) is 5.75 Å². The summed E-state index contributed by atoms with van der Waals surface area (Å²) in [7, 11) is 0. The molecule has 3 nitrogen and oxygen atoms in total. The average Bonchev–Trinajstić information content (AvgIpc) is 2.25. The van der Waals surface area contributed by atoms with Crippen molar-refractivity contribution in [1.29, 1.82) is 0 Å². The van der Waals surface area contributed by atoms with E-state index in [9.17, 15) is 18.0 Å². The van der Waals surface area contributed by atoms with E-state index < -0.39 is 17.5 Å². The fraction of sp³-hybridized carbons (Fsp3) is 0.364. The highest BCUT2D eigenvalue weighted by Crippen LogP contribution is 2.27. The quantitative estimate of drug-likeness (QED) is 0.657. The standard InChI is InChI=1S/C11H12F3NO2/c1-2-5-17-9-4-3-7(6-8(9)15)10(16)11(12,13)14/h3-4,6H,2,5,15H2,1H3. The van der Waals surface area contributed by atoms with Crippen molar-refractivity contribution < 1.29 is 22.7 Å². The van der Waals surface area contributed by atoms with E-state index in [1.54, 1.807) is 0 Å². The molecule has 0 radical (unpaired) electrons. The third-order valence-electron chi connectivity index (χ3n) is 1.99. The molecule has 0 bridgehead atoms. The van der Waals surface area contributed by atoms with Gasteiger partial charge in [-0.3, -0.25) is 4.79 Å². The average molecular weight is 247 g/mol. The number of nitrogen functional groups attached to an aromatic ring is 1. The monoisotopic (exact) mass is 247 g/mol. The van der Waals surface area contributed by atoms with Crippen LogP contribution in [0, 0.1) is 0 Å². The molecule has 0 aromatic heterocycles. The maximum absolute atomic E-state index is 12.1. The molecular formula is C11H12F3NO2. The number of nitrogens with two attached hydrogens (primary N) is 1. The molecule has 0 spiro atoms. The number of hydrogen-bond acceptors (Lipinski definition) is 3. The minimum absolute atomic E-state index is 0.0218. The van der Waals surface area contributed by atoms with Crippen molar-refractivity contribution in [3.05, 3.63) is 23.8 Å². The van der Waals surface area contributed by atoms with Crippen LogP contribution in [-0.2, 0) is 0 Å². The van der Waals surface area contributed by atoms with Crippen LogP contribution in [0.25, 0.3) is 0 Å². The maximum Gasteiger partial charge on any atom is 0.454 e. The van der Waals surface area contributed by atoms with E-state index >= 15 is 0 Å². The van der Waals surface area contributed by atoms with Crippen LogP contribution in [0.15, 0.2) is 18.2 Å². The molecule has 6 heteroatoms. The molecule has 0 saturated carbocycles. The Morgan fingerprint density at radius 1 is 1.41 bits per heavy atom. The molecule has 0 aliphatic heterocycles. The molecular weight excluding hydrogens is 235 g/mol. The molecule has 0 amide bonds. The number of carbonyl (C=O) groups excluding carboxylic acids is 1. The third kappa shape index (κ3) is 3.37. The van der Waals surface area contributed by atoms with Gasteiger partial charge >= 0.3 is 6.18 Å². The van der Waals surface area contributed by atoms with Gasteiger partial charge in [0.1, 0.15) is 5.75 Å². The Balaban J connectivity index is 2.93. The lowest BCUT2D eigenvalue weighted by molar-refractivity contribution is -0.0885. The molecule has 1 aromatic rings. The van der Waals surface area contributed by atoms with E-state index in [1.165, 1.54) is 6.07 Å². The van der Waals surface area contributed by atoms with Crippen molar-refractivity contribution in [2.75, 3.05) is 12.3 Å². The minimum atomic E-state index is -4.89. The summed E-state index contributed by atoms with van der Waals surface area (Å²) in [5.74, 6) is -1.63. The van der Waals surface area contributed by atoms with Gasteiger partial charge in [0, 0.05) is 5.56 Å². The lowest BCUT2D eigenvalue weighted by atomic mass is 10.1. The number of halogens is 3. The number of rotatable bonds is 4. The molecule has 1 rings (SSSR count). The molecule has 0 heterocycles. The molecule has 94 valence electrons. The fourth-order valence-corrected chi connectivity index (χ4v) is 1.20.